The van der Waals surface area contributed by atoms with Gasteiger partial charge < -0.3 is 10.1 Å². The van der Waals surface area contributed by atoms with Gasteiger partial charge in [0.25, 0.3) is 12.3 Å². The number of aromatic nitrogens is 3. The lowest BCUT2D eigenvalue weighted by Crippen LogP contribution is -2.25. The average molecular weight is 372 g/mol. The summed E-state index contributed by atoms with van der Waals surface area (Å²) in [5.41, 5.74) is 0.574. The second-order valence-electron chi connectivity index (χ2n) is 5.25. The van der Waals surface area contributed by atoms with E-state index in [2.05, 4.69) is 15.4 Å². The second kappa shape index (κ2) is 8.15. The van der Waals surface area contributed by atoms with Crippen LogP contribution in [0.3, 0.4) is 0 Å². The Balaban J connectivity index is 2.02. The number of rotatable bonds is 7. The van der Waals surface area contributed by atoms with Crippen molar-refractivity contribution in [3.05, 3.63) is 28.5 Å². The van der Waals surface area contributed by atoms with Gasteiger partial charge in [-0.2, -0.15) is 5.10 Å². The molecule has 0 aliphatic heterocycles. The van der Waals surface area contributed by atoms with Crippen molar-refractivity contribution in [1.29, 1.82) is 0 Å². The third-order valence-corrected chi connectivity index (χ3v) is 4.13. The molecule has 0 bridgehead atoms. The van der Waals surface area contributed by atoms with Gasteiger partial charge in [-0.15, -0.1) is 11.3 Å². The molecule has 1 N–H and O–H groups in total. The molecule has 0 fully saturated rings. The van der Waals surface area contributed by atoms with Gasteiger partial charge in [-0.05, 0) is 26.8 Å². The number of esters is 1. The minimum atomic E-state index is -2.69. The lowest BCUT2D eigenvalue weighted by atomic mass is 10.3. The van der Waals surface area contributed by atoms with Crippen LogP contribution in [0.15, 0.2) is 11.4 Å². The molecule has 25 heavy (non-hydrogen) atoms. The maximum Gasteiger partial charge on any atom is 0.311 e. The standard InChI is InChI=1S/C15H18F2N4O3S/c1-4-24-12(22)6-10-7-25-15(18-10)19-14(23)9(3)21-8(2)5-11(20-21)13(16)17/h5,7,9,13H,4,6H2,1-3H3,(H,18,19,23). The number of ether oxygens (including phenoxy) is 1. The summed E-state index contributed by atoms with van der Waals surface area (Å²) in [6.45, 7) is 5.15. The highest BCUT2D eigenvalue weighted by Crippen LogP contribution is 2.22. The van der Waals surface area contributed by atoms with E-state index in [0.717, 1.165) is 11.3 Å². The van der Waals surface area contributed by atoms with E-state index < -0.39 is 24.3 Å². The number of thiazole rings is 1. The summed E-state index contributed by atoms with van der Waals surface area (Å²) in [7, 11) is 0. The van der Waals surface area contributed by atoms with E-state index in [0.29, 0.717) is 16.5 Å². The van der Waals surface area contributed by atoms with Crippen LogP contribution in [-0.2, 0) is 20.7 Å². The first-order valence-corrected chi connectivity index (χ1v) is 8.44. The number of nitrogens with one attached hydrogen (secondary N) is 1. The topological polar surface area (TPSA) is 86.1 Å². The number of carbonyl (C=O) groups is 2. The summed E-state index contributed by atoms with van der Waals surface area (Å²) in [6, 6.07) is 0.458. The molecule has 7 nitrogen and oxygen atoms in total. The molecule has 10 heteroatoms. The van der Waals surface area contributed by atoms with Gasteiger partial charge >= 0.3 is 5.97 Å². The lowest BCUT2D eigenvalue weighted by Gasteiger charge is -2.13. The number of aryl methyl sites for hydroxylation is 1. The molecule has 0 radical (unpaired) electrons. The molecule has 0 aliphatic rings. The predicted octanol–water partition coefficient (Wildman–Crippen LogP) is 2.89. The van der Waals surface area contributed by atoms with Crippen LogP contribution in [-0.4, -0.2) is 33.2 Å². The summed E-state index contributed by atoms with van der Waals surface area (Å²) in [4.78, 5) is 27.8. The molecular formula is C15H18F2N4O3S. The van der Waals surface area contributed by atoms with Crippen LogP contribution < -0.4 is 5.32 Å². The molecule has 2 rings (SSSR count). The van der Waals surface area contributed by atoms with Gasteiger partial charge in [0.2, 0.25) is 0 Å². The van der Waals surface area contributed by atoms with Gasteiger partial charge in [0, 0.05) is 11.1 Å². The van der Waals surface area contributed by atoms with Crippen LogP contribution in [0.2, 0.25) is 0 Å². The Bertz CT molecular complexity index is 760. The Morgan fingerprint density at radius 1 is 1.44 bits per heavy atom. The van der Waals surface area contributed by atoms with Gasteiger partial charge in [-0.1, -0.05) is 0 Å². The van der Waals surface area contributed by atoms with E-state index in [1.807, 2.05) is 0 Å². The SMILES string of the molecule is CCOC(=O)Cc1csc(NC(=O)C(C)n2nc(C(F)F)cc2C)n1. The zero-order valence-electron chi connectivity index (χ0n) is 14.0. The van der Waals surface area contributed by atoms with E-state index in [1.54, 1.807) is 26.2 Å². The quantitative estimate of drug-likeness (QED) is 0.755. The van der Waals surface area contributed by atoms with Crippen molar-refractivity contribution in [2.45, 2.75) is 39.7 Å². The third kappa shape index (κ3) is 4.81. The van der Waals surface area contributed by atoms with Crippen LogP contribution in [0.1, 0.15) is 43.4 Å². The first-order chi connectivity index (χ1) is 11.8. The zero-order chi connectivity index (χ0) is 18.6. The molecule has 0 spiro atoms. The summed E-state index contributed by atoms with van der Waals surface area (Å²) < 4.78 is 31.5. The van der Waals surface area contributed by atoms with E-state index in [1.165, 1.54) is 10.7 Å². The molecular weight excluding hydrogens is 354 g/mol. The Hall–Kier alpha value is -2.36. The van der Waals surface area contributed by atoms with E-state index in [4.69, 9.17) is 4.74 Å². The Morgan fingerprint density at radius 3 is 2.76 bits per heavy atom. The van der Waals surface area contributed by atoms with Gasteiger partial charge in [0.1, 0.15) is 11.7 Å². The number of carbonyl (C=O) groups excluding carboxylic acids is 2. The molecule has 2 heterocycles. The summed E-state index contributed by atoms with van der Waals surface area (Å²) in [6.07, 6.45) is -2.68. The molecule has 1 unspecified atom stereocenters. The van der Waals surface area contributed by atoms with Crippen molar-refractivity contribution in [3.63, 3.8) is 0 Å². The second-order valence-corrected chi connectivity index (χ2v) is 6.10. The number of alkyl halides is 2. The van der Waals surface area contributed by atoms with Crippen LogP contribution in [0.4, 0.5) is 13.9 Å². The Kier molecular flexibility index (Phi) is 6.18. The molecule has 136 valence electrons. The Morgan fingerprint density at radius 2 is 2.16 bits per heavy atom. The fourth-order valence-corrected chi connectivity index (χ4v) is 2.85. The molecule has 2 aromatic rings. The van der Waals surface area contributed by atoms with Gasteiger partial charge in [0.15, 0.2) is 5.13 Å². The van der Waals surface area contributed by atoms with Crippen molar-refractivity contribution in [2.75, 3.05) is 11.9 Å². The molecule has 1 amide bonds. The van der Waals surface area contributed by atoms with Crippen molar-refractivity contribution >= 4 is 28.3 Å². The monoisotopic (exact) mass is 372 g/mol. The average Bonchev–Trinajstić information content (AvgIpc) is 3.13. The lowest BCUT2D eigenvalue weighted by molar-refractivity contribution is -0.142. The van der Waals surface area contributed by atoms with Crippen LogP contribution in [0.5, 0.6) is 0 Å². The fraction of sp³-hybridized carbons (Fsp3) is 0.467. The van der Waals surface area contributed by atoms with Crippen LogP contribution >= 0.6 is 11.3 Å². The first kappa shape index (κ1) is 19.0. The maximum absolute atomic E-state index is 12.7. The maximum atomic E-state index is 12.7. The van der Waals surface area contributed by atoms with Crippen molar-refractivity contribution in [2.24, 2.45) is 0 Å². The molecule has 0 saturated heterocycles. The van der Waals surface area contributed by atoms with E-state index in [9.17, 15) is 18.4 Å². The van der Waals surface area contributed by atoms with Gasteiger partial charge in [0.05, 0.1) is 18.7 Å². The summed E-state index contributed by atoms with van der Waals surface area (Å²) >= 11 is 1.16. The predicted molar refractivity (Wildman–Crippen MR) is 87.7 cm³/mol. The molecule has 0 aromatic carbocycles. The highest BCUT2D eigenvalue weighted by atomic mass is 32.1. The van der Waals surface area contributed by atoms with E-state index >= 15 is 0 Å². The van der Waals surface area contributed by atoms with Gasteiger partial charge in [-0.25, -0.2) is 13.8 Å². The number of amides is 1. The molecule has 1 atom stereocenters. The minimum absolute atomic E-state index is 0.0196. The molecule has 2 aromatic heterocycles. The zero-order valence-corrected chi connectivity index (χ0v) is 14.8. The number of anilines is 1. The first-order valence-electron chi connectivity index (χ1n) is 7.56. The van der Waals surface area contributed by atoms with E-state index in [-0.39, 0.29) is 18.7 Å². The van der Waals surface area contributed by atoms with Crippen molar-refractivity contribution in [1.82, 2.24) is 14.8 Å². The number of halogens is 2. The van der Waals surface area contributed by atoms with Crippen LogP contribution in [0.25, 0.3) is 0 Å². The minimum Gasteiger partial charge on any atom is -0.466 e. The van der Waals surface area contributed by atoms with Gasteiger partial charge in [-0.3, -0.25) is 14.3 Å². The summed E-state index contributed by atoms with van der Waals surface area (Å²) in [5.74, 6) is -0.838. The molecule has 0 aliphatic carbocycles. The van der Waals surface area contributed by atoms with Crippen LogP contribution in [0, 0.1) is 6.92 Å². The number of hydrogen-bond acceptors (Lipinski definition) is 6. The largest absolute Gasteiger partial charge is 0.466 e. The normalized spacial score (nSPS) is 12.2. The fourth-order valence-electron chi connectivity index (χ4n) is 2.14. The Labute approximate surface area is 147 Å². The van der Waals surface area contributed by atoms with Crippen molar-refractivity contribution < 1.29 is 23.1 Å². The number of hydrogen-bond donors (Lipinski definition) is 1. The van der Waals surface area contributed by atoms with Crippen molar-refractivity contribution in [3.8, 4) is 0 Å². The highest BCUT2D eigenvalue weighted by molar-refractivity contribution is 7.13. The third-order valence-electron chi connectivity index (χ3n) is 3.32. The molecule has 0 saturated carbocycles. The number of nitrogens with zero attached hydrogens (tertiary/aromatic N) is 3. The smallest absolute Gasteiger partial charge is 0.311 e. The highest BCUT2D eigenvalue weighted by Gasteiger charge is 2.22. The summed E-state index contributed by atoms with van der Waals surface area (Å²) in [5, 5.41) is 8.32.